The van der Waals surface area contributed by atoms with E-state index in [-0.39, 0.29) is 5.75 Å². The number of azide groups is 1. The molecule has 0 bridgehead atoms. The average molecular weight is 239 g/mol. The van der Waals surface area contributed by atoms with E-state index >= 15 is 0 Å². The highest BCUT2D eigenvalue weighted by Gasteiger charge is 2.09. The summed E-state index contributed by atoms with van der Waals surface area (Å²) in [5.41, 5.74) is 8.53. The number of benzene rings is 1. The van der Waals surface area contributed by atoms with Gasteiger partial charge in [-0.1, -0.05) is 17.3 Å². The molecule has 0 spiro atoms. The molecular formula is C11H11F2N3O. The fourth-order valence-electron chi connectivity index (χ4n) is 1.22. The van der Waals surface area contributed by atoms with Crippen LogP contribution in [0, 0.1) is 11.6 Å². The molecule has 1 aromatic rings. The highest BCUT2D eigenvalue weighted by molar-refractivity contribution is 5.52. The van der Waals surface area contributed by atoms with E-state index in [2.05, 4.69) is 10.0 Å². The average Bonchev–Trinajstić information content (AvgIpc) is 2.33. The van der Waals surface area contributed by atoms with Crippen molar-refractivity contribution in [1.82, 2.24) is 0 Å². The summed E-state index contributed by atoms with van der Waals surface area (Å²) in [6.07, 6.45) is 3.85. The highest BCUT2D eigenvalue weighted by atomic mass is 19.2. The minimum atomic E-state index is -1.00. The fourth-order valence-corrected chi connectivity index (χ4v) is 1.22. The summed E-state index contributed by atoms with van der Waals surface area (Å²) in [6, 6.07) is 2.46. The Morgan fingerprint density at radius 2 is 2.24 bits per heavy atom. The Morgan fingerprint density at radius 1 is 1.47 bits per heavy atom. The minimum Gasteiger partial charge on any atom is -0.494 e. The molecule has 0 heterocycles. The molecule has 0 fully saturated rings. The Hall–Kier alpha value is -2.07. The Bertz CT molecular complexity index is 468. The standard InChI is InChI=1S/C11H11F2N3O/c1-17-10-7-8(6-9(12)11(10)13)4-2-3-5-15-16-14/h2,4,6-7H,3,5H2,1H3. The summed E-state index contributed by atoms with van der Waals surface area (Å²) >= 11 is 0. The molecule has 0 N–H and O–H groups in total. The largest absolute Gasteiger partial charge is 0.494 e. The maximum absolute atomic E-state index is 13.1. The third kappa shape index (κ3) is 3.77. The summed E-state index contributed by atoms with van der Waals surface area (Å²) in [6.45, 7) is 0.327. The summed E-state index contributed by atoms with van der Waals surface area (Å²) in [7, 11) is 1.27. The molecule has 0 radical (unpaired) electrons. The smallest absolute Gasteiger partial charge is 0.200 e. The second-order valence-corrected chi connectivity index (χ2v) is 3.16. The van der Waals surface area contributed by atoms with E-state index in [1.54, 1.807) is 12.2 Å². The van der Waals surface area contributed by atoms with Gasteiger partial charge in [0.25, 0.3) is 0 Å². The highest BCUT2D eigenvalue weighted by Crippen LogP contribution is 2.22. The van der Waals surface area contributed by atoms with Crippen LogP contribution in [0.1, 0.15) is 12.0 Å². The first-order chi connectivity index (χ1) is 8.19. The quantitative estimate of drug-likeness (QED) is 0.334. The number of hydrogen-bond acceptors (Lipinski definition) is 2. The van der Waals surface area contributed by atoms with Crippen LogP contribution >= 0.6 is 0 Å². The predicted octanol–water partition coefficient (Wildman–Crippen LogP) is 3.69. The first kappa shape index (κ1) is 13.0. The van der Waals surface area contributed by atoms with Gasteiger partial charge in [0.2, 0.25) is 5.82 Å². The van der Waals surface area contributed by atoms with E-state index in [4.69, 9.17) is 10.3 Å². The topological polar surface area (TPSA) is 58.0 Å². The van der Waals surface area contributed by atoms with Crippen molar-refractivity contribution in [3.63, 3.8) is 0 Å². The van der Waals surface area contributed by atoms with Gasteiger partial charge in [0.15, 0.2) is 11.6 Å². The van der Waals surface area contributed by atoms with Crippen LogP contribution in [-0.2, 0) is 0 Å². The van der Waals surface area contributed by atoms with Crippen LogP contribution in [0.5, 0.6) is 5.75 Å². The van der Waals surface area contributed by atoms with Crippen molar-refractivity contribution in [3.05, 3.63) is 45.8 Å². The lowest BCUT2D eigenvalue weighted by Crippen LogP contribution is -1.93. The molecule has 0 aliphatic heterocycles. The van der Waals surface area contributed by atoms with Crippen LogP contribution in [0.4, 0.5) is 8.78 Å². The molecule has 1 aromatic carbocycles. The molecule has 0 aromatic heterocycles. The van der Waals surface area contributed by atoms with Crippen LogP contribution in [-0.4, -0.2) is 13.7 Å². The first-order valence-corrected chi connectivity index (χ1v) is 4.89. The summed E-state index contributed by atoms with van der Waals surface area (Å²) in [4.78, 5) is 2.59. The van der Waals surface area contributed by atoms with Crippen LogP contribution in [0.15, 0.2) is 23.3 Å². The number of rotatable bonds is 5. The second kappa shape index (κ2) is 6.50. The zero-order valence-electron chi connectivity index (χ0n) is 9.23. The van der Waals surface area contributed by atoms with Crippen molar-refractivity contribution in [1.29, 1.82) is 0 Å². The van der Waals surface area contributed by atoms with Gasteiger partial charge in [-0.25, -0.2) is 4.39 Å². The molecule has 0 atom stereocenters. The van der Waals surface area contributed by atoms with Crippen molar-refractivity contribution in [3.8, 4) is 5.75 Å². The van der Waals surface area contributed by atoms with Crippen molar-refractivity contribution >= 4 is 6.08 Å². The molecule has 0 saturated carbocycles. The van der Waals surface area contributed by atoms with Gasteiger partial charge < -0.3 is 4.74 Å². The van der Waals surface area contributed by atoms with Gasteiger partial charge in [-0.2, -0.15) is 4.39 Å². The second-order valence-electron chi connectivity index (χ2n) is 3.16. The zero-order chi connectivity index (χ0) is 12.7. The minimum absolute atomic E-state index is 0.139. The van der Waals surface area contributed by atoms with Crippen LogP contribution in [0.25, 0.3) is 16.5 Å². The predicted molar refractivity (Wildman–Crippen MR) is 60.6 cm³/mol. The van der Waals surface area contributed by atoms with Crippen molar-refractivity contribution in [2.45, 2.75) is 6.42 Å². The number of methoxy groups -OCH3 is 1. The SMILES string of the molecule is COc1cc(C=CCCN=[N+]=[N-])cc(F)c1F. The molecular weight excluding hydrogens is 228 g/mol. The summed E-state index contributed by atoms with van der Waals surface area (Å²) < 4.78 is 30.9. The van der Waals surface area contributed by atoms with E-state index in [0.29, 0.717) is 18.5 Å². The van der Waals surface area contributed by atoms with E-state index in [1.807, 2.05) is 0 Å². The van der Waals surface area contributed by atoms with Crippen molar-refractivity contribution in [2.75, 3.05) is 13.7 Å². The number of hydrogen-bond donors (Lipinski definition) is 0. The van der Waals surface area contributed by atoms with Crippen molar-refractivity contribution in [2.24, 2.45) is 5.11 Å². The molecule has 0 unspecified atom stereocenters. The van der Waals surface area contributed by atoms with Gasteiger partial charge >= 0.3 is 0 Å². The molecule has 0 amide bonds. The molecule has 0 aliphatic carbocycles. The van der Waals surface area contributed by atoms with E-state index in [9.17, 15) is 8.78 Å². The first-order valence-electron chi connectivity index (χ1n) is 4.89. The van der Waals surface area contributed by atoms with Crippen LogP contribution in [0.2, 0.25) is 0 Å². The Balaban J connectivity index is 2.78. The van der Waals surface area contributed by atoms with Gasteiger partial charge in [0, 0.05) is 11.5 Å². The monoisotopic (exact) mass is 239 g/mol. The number of ether oxygens (including phenoxy) is 1. The molecule has 4 nitrogen and oxygen atoms in total. The van der Waals surface area contributed by atoms with E-state index in [1.165, 1.54) is 13.2 Å². The maximum Gasteiger partial charge on any atom is 0.200 e. The lowest BCUT2D eigenvalue weighted by molar-refractivity contribution is 0.371. The third-order valence-electron chi connectivity index (χ3n) is 2.01. The van der Waals surface area contributed by atoms with Crippen LogP contribution in [0.3, 0.4) is 0 Å². The number of nitrogens with zero attached hydrogens (tertiary/aromatic N) is 3. The zero-order valence-corrected chi connectivity index (χ0v) is 9.23. The Labute approximate surface area is 97.1 Å². The Kier molecular flexibility index (Phi) is 4.97. The van der Waals surface area contributed by atoms with Gasteiger partial charge in [-0.3, -0.25) is 0 Å². The lowest BCUT2D eigenvalue weighted by Gasteiger charge is -2.03. The molecule has 17 heavy (non-hydrogen) atoms. The molecule has 1 rings (SSSR count). The molecule has 90 valence electrons. The lowest BCUT2D eigenvalue weighted by atomic mass is 10.1. The van der Waals surface area contributed by atoms with Gasteiger partial charge in [0.05, 0.1) is 7.11 Å². The summed E-state index contributed by atoms with van der Waals surface area (Å²) in [5.74, 6) is -2.10. The van der Waals surface area contributed by atoms with Gasteiger partial charge in [0.1, 0.15) is 0 Å². The van der Waals surface area contributed by atoms with Gasteiger partial charge in [-0.15, -0.1) is 0 Å². The molecule has 0 aliphatic rings. The van der Waals surface area contributed by atoms with Gasteiger partial charge in [-0.05, 0) is 29.6 Å². The maximum atomic E-state index is 13.1. The normalized spacial score (nSPS) is 10.3. The summed E-state index contributed by atoms with van der Waals surface area (Å²) in [5, 5.41) is 3.34. The van der Waals surface area contributed by atoms with Crippen molar-refractivity contribution < 1.29 is 13.5 Å². The van der Waals surface area contributed by atoms with E-state index < -0.39 is 11.6 Å². The van der Waals surface area contributed by atoms with Crippen LogP contribution < -0.4 is 4.74 Å². The van der Waals surface area contributed by atoms with E-state index in [0.717, 1.165) is 6.07 Å². The molecule has 0 saturated heterocycles. The molecule has 6 heteroatoms. The number of halogens is 2. The Morgan fingerprint density at radius 3 is 2.88 bits per heavy atom. The fraction of sp³-hybridized carbons (Fsp3) is 0.273. The third-order valence-corrected chi connectivity index (χ3v) is 2.01.